The molecule has 0 spiro atoms. The van der Waals surface area contributed by atoms with Crippen LogP contribution in [0.15, 0.2) is 36.4 Å². The maximum absolute atomic E-state index is 11.1. The number of nitro benzene ring substituents is 1. The van der Waals surface area contributed by atoms with E-state index in [-0.39, 0.29) is 22.8 Å². The minimum atomic E-state index is -1.47. The number of ether oxygens (including phenoxy) is 1. The second kappa shape index (κ2) is 6.00. The van der Waals surface area contributed by atoms with E-state index in [9.17, 15) is 14.9 Å². The second-order valence-electron chi connectivity index (χ2n) is 4.48. The van der Waals surface area contributed by atoms with Gasteiger partial charge in [0, 0.05) is 11.8 Å². The number of nitrogens with one attached hydrogen (secondary N) is 1. The molecule has 0 aliphatic heterocycles. The lowest BCUT2D eigenvalue weighted by Gasteiger charge is -2.13. The molecule has 2 rings (SSSR count). The largest absolute Gasteiger partial charge is 0.511 e. The van der Waals surface area contributed by atoms with Gasteiger partial charge >= 0.3 is 6.16 Å². The molecule has 0 heterocycles. The van der Waals surface area contributed by atoms with E-state index >= 15 is 0 Å². The molecule has 2 aromatic rings. The van der Waals surface area contributed by atoms with Gasteiger partial charge in [-0.2, -0.15) is 0 Å². The van der Waals surface area contributed by atoms with Crippen LogP contribution in [0.3, 0.4) is 0 Å². The van der Waals surface area contributed by atoms with Gasteiger partial charge in [0.1, 0.15) is 5.69 Å². The lowest BCUT2D eigenvalue weighted by atomic mass is 10.1. The van der Waals surface area contributed by atoms with Crippen molar-refractivity contribution in [2.45, 2.75) is 6.92 Å². The van der Waals surface area contributed by atoms with E-state index < -0.39 is 11.1 Å². The number of hydrogen-bond donors (Lipinski definition) is 3. The molecule has 8 nitrogen and oxygen atoms in total. The number of hydrogen-bond acceptors (Lipinski definition) is 6. The van der Waals surface area contributed by atoms with Gasteiger partial charge in [-0.15, -0.1) is 0 Å². The summed E-state index contributed by atoms with van der Waals surface area (Å²) in [5.41, 5.74) is 6.63. The number of nitro groups is 1. The molecule has 0 radical (unpaired) electrons. The molecule has 0 atom stereocenters. The minimum Gasteiger partial charge on any atom is -0.449 e. The van der Waals surface area contributed by atoms with Crippen LogP contribution < -0.4 is 15.8 Å². The zero-order valence-corrected chi connectivity index (χ0v) is 11.6. The Morgan fingerprint density at radius 1 is 1.32 bits per heavy atom. The molecule has 8 heteroatoms. The highest BCUT2D eigenvalue weighted by atomic mass is 16.7. The summed E-state index contributed by atoms with van der Waals surface area (Å²) in [6.07, 6.45) is -1.47. The van der Waals surface area contributed by atoms with Gasteiger partial charge in [0.2, 0.25) is 0 Å². The summed E-state index contributed by atoms with van der Waals surface area (Å²) in [5, 5.41) is 22.7. The Morgan fingerprint density at radius 3 is 2.68 bits per heavy atom. The van der Waals surface area contributed by atoms with Gasteiger partial charge in [-0.1, -0.05) is 12.1 Å². The highest BCUT2D eigenvalue weighted by Crippen LogP contribution is 2.35. The molecule has 2 aromatic carbocycles. The van der Waals surface area contributed by atoms with Crippen molar-refractivity contribution in [3.05, 3.63) is 52.1 Å². The van der Waals surface area contributed by atoms with Gasteiger partial charge in [-0.3, -0.25) is 10.1 Å². The first kappa shape index (κ1) is 15.1. The number of anilines is 3. The van der Waals surface area contributed by atoms with Crippen molar-refractivity contribution in [3.8, 4) is 5.75 Å². The van der Waals surface area contributed by atoms with Crippen LogP contribution in [0.4, 0.5) is 27.5 Å². The molecule has 0 amide bonds. The first-order chi connectivity index (χ1) is 10.4. The molecule has 0 bridgehead atoms. The van der Waals surface area contributed by atoms with Gasteiger partial charge < -0.3 is 20.9 Å². The van der Waals surface area contributed by atoms with Crippen molar-refractivity contribution in [1.82, 2.24) is 0 Å². The summed E-state index contributed by atoms with van der Waals surface area (Å²) in [5.74, 6) is 0.0844. The third-order valence-electron chi connectivity index (χ3n) is 2.89. The lowest BCUT2D eigenvalue weighted by Crippen LogP contribution is -2.07. The van der Waals surface area contributed by atoms with Crippen LogP contribution in [0.2, 0.25) is 0 Å². The van der Waals surface area contributed by atoms with Crippen molar-refractivity contribution in [3.63, 3.8) is 0 Å². The van der Waals surface area contributed by atoms with Crippen LogP contribution in [-0.2, 0) is 0 Å². The van der Waals surface area contributed by atoms with E-state index in [1.165, 1.54) is 18.2 Å². The van der Waals surface area contributed by atoms with Gasteiger partial charge in [-0.25, -0.2) is 4.79 Å². The summed E-state index contributed by atoms with van der Waals surface area (Å²) >= 11 is 0. The molecule has 0 fully saturated rings. The number of rotatable bonds is 4. The van der Waals surface area contributed by atoms with Crippen LogP contribution in [0, 0.1) is 17.0 Å². The quantitative estimate of drug-likeness (QED) is 0.260. The van der Waals surface area contributed by atoms with Crippen molar-refractivity contribution in [1.29, 1.82) is 0 Å². The van der Waals surface area contributed by atoms with Gasteiger partial charge in [0.25, 0.3) is 5.69 Å². The molecule has 0 saturated heterocycles. The summed E-state index contributed by atoms with van der Waals surface area (Å²) in [4.78, 5) is 21.3. The van der Waals surface area contributed by atoms with Crippen LogP contribution in [0.1, 0.15) is 5.56 Å². The molecule has 0 saturated carbocycles. The van der Waals surface area contributed by atoms with Crippen LogP contribution in [-0.4, -0.2) is 16.2 Å². The smallest absolute Gasteiger partial charge is 0.449 e. The Morgan fingerprint density at radius 2 is 2.05 bits per heavy atom. The number of carbonyl (C=O) groups is 1. The molecule has 0 aliphatic rings. The van der Waals surface area contributed by atoms with Gasteiger partial charge in [0.05, 0.1) is 10.6 Å². The third kappa shape index (κ3) is 3.23. The Bertz CT molecular complexity index is 745. The number of para-hydroxylation sites is 1. The molecule has 0 aromatic heterocycles. The standard InChI is InChI=1S/C14H13N3O5/c1-8-3-2-4-11(13(8)22-14(18)19)16-10-6-5-9(15)7-12(10)17(20)21/h2-7,16H,15H2,1H3,(H,18,19). The van der Waals surface area contributed by atoms with Crippen molar-refractivity contribution >= 4 is 28.9 Å². The van der Waals surface area contributed by atoms with Crippen molar-refractivity contribution in [2.24, 2.45) is 0 Å². The van der Waals surface area contributed by atoms with Crippen LogP contribution in [0.25, 0.3) is 0 Å². The van der Waals surface area contributed by atoms with Crippen molar-refractivity contribution in [2.75, 3.05) is 11.1 Å². The maximum Gasteiger partial charge on any atom is 0.511 e. The summed E-state index contributed by atoms with van der Waals surface area (Å²) in [7, 11) is 0. The topological polar surface area (TPSA) is 128 Å². The van der Waals surface area contributed by atoms with Gasteiger partial charge in [-0.05, 0) is 30.7 Å². The second-order valence-corrected chi connectivity index (χ2v) is 4.48. The first-order valence-electron chi connectivity index (χ1n) is 6.20. The molecule has 0 unspecified atom stereocenters. The molecule has 4 N–H and O–H groups in total. The van der Waals surface area contributed by atoms with E-state index in [2.05, 4.69) is 5.32 Å². The average Bonchev–Trinajstić information content (AvgIpc) is 2.44. The Hall–Kier alpha value is -3.29. The Kier molecular flexibility index (Phi) is 4.12. The molecule has 0 aliphatic carbocycles. The van der Waals surface area contributed by atoms with Crippen LogP contribution >= 0.6 is 0 Å². The van der Waals surface area contributed by atoms with E-state index in [1.54, 1.807) is 25.1 Å². The zero-order chi connectivity index (χ0) is 16.3. The highest BCUT2D eigenvalue weighted by molar-refractivity contribution is 5.77. The Balaban J connectivity index is 2.46. The lowest BCUT2D eigenvalue weighted by molar-refractivity contribution is -0.383. The molecule has 22 heavy (non-hydrogen) atoms. The molecular weight excluding hydrogens is 290 g/mol. The summed E-state index contributed by atoms with van der Waals surface area (Å²) in [6.45, 7) is 1.67. The maximum atomic E-state index is 11.1. The SMILES string of the molecule is Cc1cccc(Nc2ccc(N)cc2[N+](=O)[O-])c1OC(=O)O. The number of benzene rings is 2. The number of aryl methyl sites for hydroxylation is 1. The number of carboxylic acid groups (broad SMARTS) is 1. The average molecular weight is 303 g/mol. The third-order valence-corrected chi connectivity index (χ3v) is 2.89. The minimum absolute atomic E-state index is 0.0844. The van der Waals surface area contributed by atoms with E-state index in [1.807, 2.05) is 0 Å². The Labute approximate surface area is 125 Å². The molecule has 114 valence electrons. The molecular formula is C14H13N3O5. The summed E-state index contributed by atoms with van der Waals surface area (Å²) in [6, 6.07) is 9.07. The van der Waals surface area contributed by atoms with Crippen molar-refractivity contribution < 1.29 is 19.6 Å². The summed E-state index contributed by atoms with van der Waals surface area (Å²) < 4.78 is 4.73. The number of nitrogens with zero attached hydrogens (tertiary/aromatic N) is 1. The number of nitrogen functional groups attached to an aromatic ring is 1. The fraction of sp³-hybridized carbons (Fsp3) is 0.0714. The number of nitrogens with two attached hydrogens (primary N) is 1. The zero-order valence-electron chi connectivity index (χ0n) is 11.6. The fourth-order valence-corrected chi connectivity index (χ4v) is 1.92. The van der Waals surface area contributed by atoms with Crippen LogP contribution in [0.5, 0.6) is 5.75 Å². The van der Waals surface area contributed by atoms with E-state index in [4.69, 9.17) is 15.6 Å². The predicted molar refractivity (Wildman–Crippen MR) is 80.6 cm³/mol. The van der Waals surface area contributed by atoms with E-state index in [0.29, 0.717) is 11.3 Å². The fourth-order valence-electron chi connectivity index (χ4n) is 1.92. The predicted octanol–water partition coefficient (Wildman–Crippen LogP) is 3.29. The normalized spacial score (nSPS) is 10.0. The highest BCUT2D eigenvalue weighted by Gasteiger charge is 2.17. The van der Waals surface area contributed by atoms with Gasteiger partial charge in [0.15, 0.2) is 5.75 Å². The van der Waals surface area contributed by atoms with E-state index in [0.717, 1.165) is 0 Å². The first-order valence-corrected chi connectivity index (χ1v) is 6.20. The monoisotopic (exact) mass is 303 g/mol.